The molecule has 1 spiro atoms. The van der Waals surface area contributed by atoms with Crippen LogP contribution in [0.3, 0.4) is 0 Å². The highest BCUT2D eigenvalue weighted by atomic mass is 16.6. The minimum atomic E-state index is -0.133. The predicted octanol–water partition coefficient (Wildman–Crippen LogP) is 1.33. The zero-order valence-corrected chi connectivity index (χ0v) is 11.6. The first-order valence-corrected chi connectivity index (χ1v) is 6.77. The molecular formula is C13H24N2O3. The van der Waals surface area contributed by atoms with E-state index in [1.54, 1.807) is 4.90 Å². The molecule has 0 aromatic heterocycles. The van der Waals surface area contributed by atoms with Gasteiger partial charge in [0.2, 0.25) is 0 Å². The van der Waals surface area contributed by atoms with Crippen LogP contribution in [0, 0.1) is 0 Å². The Bertz CT molecular complexity index is 291. The average molecular weight is 256 g/mol. The molecule has 2 aliphatic rings. The van der Waals surface area contributed by atoms with Gasteiger partial charge < -0.3 is 19.3 Å². The molecule has 5 heteroatoms. The van der Waals surface area contributed by atoms with Crippen LogP contribution in [-0.4, -0.2) is 67.4 Å². The Morgan fingerprint density at radius 1 is 1.28 bits per heavy atom. The van der Waals surface area contributed by atoms with E-state index in [0.717, 1.165) is 25.9 Å². The molecule has 18 heavy (non-hydrogen) atoms. The second-order valence-corrected chi connectivity index (χ2v) is 5.56. The maximum Gasteiger partial charge on any atom is 0.319 e. The number of amides is 2. The molecule has 0 unspecified atom stereocenters. The van der Waals surface area contributed by atoms with E-state index in [2.05, 4.69) is 0 Å². The zero-order valence-electron chi connectivity index (χ0n) is 11.6. The van der Waals surface area contributed by atoms with Crippen LogP contribution < -0.4 is 0 Å². The summed E-state index contributed by atoms with van der Waals surface area (Å²) < 4.78 is 11.4. The average Bonchev–Trinajstić information content (AvgIpc) is 2.39. The molecule has 0 N–H and O–H groups in total. The molecule has 0 radical (unpaired) electrons. The Labute approximate surface area is 109 Å². The van der Waals surface area contributed by atoms with E-state index in [-0.39, 0.29) is 17.7 Å². The maximum absolute atomic E-state index is 12.2. The third-order valence-electron chi connectivity index (χ3n) is 4.02. The Balaban J connectivity index is 1.88. The van der Waals surface area contributed by atoms with Crippen molar-refractivity contribution in [2.45, 2.75) is 38.3 Å². The van der Waals surface area contributed by atoms with Crippen molar-refractivity contribution in [1.29, 1.82) is 0 Å². The van der Waals surface area contributed by atoms with Crippen LogP contribution in [0.1, 0.15) is 26.7 Å². The van der Waals surface area contributed by atoms with Crippen LogP contribution in [0.4, 0.5) is 4.79 Å². The number of likely N-dealkylation sites (tertiary alicyclic amines) is 1. The lowest BCUT2D eigenvalue weighted by atomic mass is 9.91. The standard InChI is InChI=1S/C13H24N2O3/c1-11(2)14(3)12(16)15-6-4-13(5-7-15)10-17-8-9-18-13/h11H,4-10H2,1-3H3. The predicted molar refractivity (Wildman–Crippen MR) is 68.6 cm³/mol. The van der Waals surface area contributed by atoms with E-state index < -0.39 is 0 Å². The second kappa shape index (κ2) is 5.45. The fraction of sp³-hybridized carbons (Fsp3) is 0.923. The summed E-state index contributed by atoms with van der Waals surface area (Å²) in [6, 6.07) is 0.360. The van der Waals surface area contributed by atoms with E-state index >= 15 is 0 Å². The Kier molecular flexibility index (Phi) is 4.12. The van der Waals surface area contributed by atoms with Crippen molar-refractivity contribution in [3.05, 3.63) is 0 Å². The van der Waals surface area contributed by atoms with E-state index in [0.29, 0.717) is 19.8 Å². The van der Waals surface area contributed by atoms with Crippen LogP contribution >= 0.6 is 0 Å². The lowest BCUT2D eigenvalue weighted by molar-refractivity contribution is -0.174. The summed E-state index contributed by atoms with van der Waals surface area (Å²) in [4.78, 5) is 15.9. The lowest BCUT2D eigenvalue weighted by Gasteiger charge is -2.44. The number of hydrogen-bond donors (Lipinski definition) is 0. The number of carbonyl (C=O) groups is 1. The summed E-state index contributed by atoms with van der Waals surface area (Å²) >= 11 is 0. The van der Waals surface area contributed by atoms with Gasteiger partial charge in [0, 0.05) is 26.2 Å². The van der Waals surface area contributed by atoms with Gasteiger partial charge in [0.05, 0.1) is 25.4 Å². The number of rotatable bonds is 1. The van der Waals surface area contributed by atoms with Gasteiger partial charge in [-0.1, -0.05) is 0 Å². The van der Waals surface area contributed by atoms with Gasteiger partial charge >= 0.3 is 6.03 Å². The van der Waals surface area contributed by atoms with Crippen molar-refractivity contribution in [2.24, 2.45) is 0 Å². The van der Waals surface area contributed by atoms with Crippen LogP contribution in [0.25, 0.3) is 0 Å². The van der Waals surface area contributed by atoms with Gasteiger partial charge in [0.25, 0.3) is 0 Å². The van der Waals surface area contributed by atoms with Crippen LogP contribution in [0.5, 0.6) is 0 Å². The van der Waals surface area contributed by atoms with E-state index in [1.165, 1.54) is 0 Å². The molecule has 104 valence electrons. The van der Waals surface area contributed by atoms with Gasteiger partial charge in [-0.15, -0.1) is 0 Å². The van der Waals surface area contributed by atoms with E-state index in [4.69, 9.17) is 9.47 Å². The highest BCUT2D eigenvalue weighted by molar-refractivity contribution is 5.74. The largest absolute Gasteiger partial charge is 0.376 e. The smallest absolute Gasteiger partial charge is 0.319 e. The normalized spacial score (nSPS) is 23.4. The molecule has 0 aromatic rings. The summed E-state index contributed by atoms with van der Waals surface area (Å²) in [6.07, 6.45) is 1.76. The fourth-order valence-corrected chi connectivity index (χ4v) is 2.46. The van der Waals surface area contributed by atoms with Crippen molar-refractivity contribution in [2.75, 3.05) is 40.0 Å². The molecule has 0 bridgehead atoms. The monoisotopic (exact) mass is 256 g/mol. The van der Waals surface area contributed by atoms with Crippen molar-refractivity contribution in [1.82, 2.24) is 9.80 Å². The SMILES string of the molecule is CC(C)N(C)C(=O)N1CCC2(CC1)COCCO2. The van der Waals surface area contributed by atoms with Gasteiger partial charge in [-0.2, -0.15) is 0 Å². The summed E-state index contributed by atoms with van der Waals surface area (Å²) in [6.45, 7) is 7.64. The maximum atomic E-state index is 12.2. The number of carbonyl (C=O) groups excluding carboxylic acids is 1. The molecule has 2 saturated heterocycles. The van der Waals surface area contributed by atoms with Crippen molar-refractivity contribution in [3.63, 3.8) is 0 Å². The van der Waals surface area contributed by atoms with Gasteiger partial charge in [0.1, 0.15) is 0 Å². The molecule has 2 amide bonds. The van der Waals surface area contributed by atoms with Crippen molar-refractivity contribution >= 4 is 6.03 Å². The highest BCUT2D eigenvalue weighted by Crippen LogP contribution is 2.29. The van der Waals surface area contributed by atoms with E-state index in [9.17, 15) is 4.79 Å². The fourth-order valence-electron chi connectivity index (χ4n) is 2.46. The van der Waals surface area contributed by atoms with Gasteiger partial charge in [-0.05, 0) is 26.7 Å². The van der Waals surface area contributed by atoms with Crippen LogP contribution in [0.2, 0.25) is 0 Å². The molecule has 0 atom stereocenters. The van der Waals surface area contributed by atoms with Crippen molar-refractivity contribution < 1.29 is 14.3 Å². The third-order valence-corrected chi connectivity index (χ3v) is 4.02. The molecule has 2 fully saturated rings. The summed E-state index contributed by atoms with van der Waals surface area (Å²) in [5.41, 5.74) is -0.133. The Morgan fingerprint density at radius 2 is 1.94 bits per heavy atom. The minimum absolute atomic E-state index is 0.122. The van der Waals surface area contributed by atoms with Gasteiger partial charge in [0.15, 0.2) is 0 Å². The first-order valence-electron chi connectivity index (χ1n) is 6.77. The summed E-state index contributed by atoms with van der Waals surface area (Å²) in [5.74, 6) is 0. The first-order chi connectivity index (χ1) is 8.54. The number of piperidine rings is 1. The minimum Gasteiger partial charge on any atom is -0.376 e. The highest BCUT2D eigenvalue weighted by Gasteiger charge is 2.39. The van der Waals surface area contributed by atoms with Crippen molar-refractivity contribution in [3.8, 4) is 0 Å². The molecule has 0 aromatic carbocycles. The summed E-state index contributed by atoms with van der Waals surface area (Å²) in [7, 11) is 1.86. The number of hydrogen-bond acceptors (Lipinski definition) is 3. The molecule has 2 aliphatic heterocycles. The molecule has 5 nitrogen and oxygen atoms in total. The second-order valence-electron chi connectivity index (χ2n) is 5.56. The summed E-state index contributed by atoms with van der Waals surface area (Å²) in [5, 5.41) is 0. The molecular weight excluding hydrogens is 232 g/mol. The van der Waals surface area contributed by atoms with Gasteiger partial charge in [-0.3, -0.25) is 0 Å². The Morgan fingerprint density at radius 3 is 2.44 bits per heavy atom. The zero-order chi connectivity index (χ0) is 13.2. The first kappa shape index (κ1) is 13.6. The Hall–Kier alpha value is -0.810. The van der Waals surface area contributed by atoms with Crippen LogP contribution in [0.15, 0.2) is 0 Å². The number of ether oxygens (including phenoxy) is 2. The molecule has 2 heterocycles. The van der Waals surface area contributed by atoms with E-state index in [1.807, 2.05) is 25.8 Å². The number of urea groups is 1. The van der Waals surface area contributed by atoms with Gasteiger partial charge in [-0.25, -0.2) is 4.79 Å². The lowest BCUT2D eigenvalue weighted by Crippen LogP contribution is -2.55. The molecule has 0 saturated carbocycles. The number of nitrogens with zero attached hydrogens (tertiary/aromatic N) is 2. The topological polar surface area (TPSA) is 42.0 Å². The molecule has 2 rings (SSSR count). The quantitative estimate of drug-likeness (QED) is 0.711. The third kappa shape index (κ3) is 2.78. The van der Waals surface area contributed by atoms with Crippen LogP contribution in [-0.2, 0) is 9.47 Å². The molecule has 0 aliphatic carbocycles.